The molecule has 0 saturated carbocycles. The van der Waals surface area contributed by atoms with Crippen molar-refractivity contribution in [2.24, 2.45) is 0 Å². The number of carbonyl (C=O) groups is 2. The SMILES string of the molecule is COc1cc(C(Nc2ccc(C#N)cc2)C(=O)NCc2ccccc2)ccc1Oc1cccc(C(=O)[O-])c1. The molecule has 8 heteroatoms. The summed E-state index contributed by atoms with van der Waals surface area (Å²) >= 11 is 0. The highest BCUT2D eigenvalue weighted by Gasteiger charge is 2.22. The number of ether oxygens (including phenoxy) is 2. The Morgan fingerprint density at radius 3 is 2.37 bits per heavy atom. The lowest BCUT2D eigenvalue weighted by molar-refractivity contribution is -0.255. The number of hydrogen-bond donors (Lipinski definition) is 2. The van der Waals surface area contributed by atoms with Crippen molar-refractivity contribution in [3.63, 3.8) is 0 Å². The number of nitriles is 1. The van der Waals surface area contributed by atoms with Gasteiger partial charge in [-0.05, 0) is 59.7 Å². The molecule has 1 amide bonds. The van der Waals surface area contributed by atoms with E-state index >= 15 is 0 Å². The zero-order valence-electron chi connectivity index (χ0n) is 20.5. The predicted octanol–water partition coefficient (Wildman–Crippen LogP) is 4.19. The summed E-state index contributed by atoms with van der Waals surface area (Å²) in [5, 5.41) is 26.5. The summed E-state index contributed by atoms with van der Waals surface area (Å²) in [6.07, 6.45) is 0. The number of anilines is 1. The zero-order chi connectivity index (χ0) is 26.9. The molecule has 190 valence electrons. The van der Waals surface area contributed by atoms with E-state index in [1.54, 1.807) is 54.6 Å². The molecule has 38 heavy (non-hydrogen) atoms. The van der Waals surface area contributed by atoms with Gasteiger partial charge >= 0.3 is 0 Å². The van der Waals surface area contributed by atoms with E-state index in [9.17, 15) is 14.7 Å². The van der Waals surface area contributed by atoms with E-state index in [2.05, 4.69) is 16.7 Å². The fourth-order valence-electron chi connectivity index (χ4n) is 3.76. The maximum Gasteiger partial charge on any atom is 0.247 e. The maximum absolute atomic E-state index is 13.4. The molecule has 0 radical (unpaired) electrons. The maximum atomic E-state index is 13.4. The smallest absolute Gasteiger partial charge is 0.247 e. The Morgan fingerprint density at radius 1 is 0.921 bits per heavy atom. The summed E-state index contributed by atoms with van der Waals surface area (Å²) in [6.45, 7) is 0.346. The van der Waals surface area contributed by atoms with E-state index < -0.39 is 12.0 Å². The van der Waals surface area contributed by atoms with Crippen LogP contribution in [0.15, 0.2) is 97.1 Å². The number of rotatable bonds is 10. The summed E-state index contributed by atoms with van der Waals surface area (Å²) in [6, 6.07) is 28.6. The second kappa shape index (κ2) is 12.1. The van der Waals surface area contributed by atoms with Crippen LogP contribution in [0.4, 0.5) is 5.69 Å². The molecular formula is C30H24N3O5-. The highest BCUT2D eigenvalue weighted by Crippen LogP contribution is 2.35. The summed E-state index contributed by atoms with van der Waals surface area (Å²) in [5.41, 5.74) is 2.71. The molecule has 0 bridgehead atoms. The first-order valence-corrected chi connectivity index (χ1v) is 11.7. The number of aromatic carboxylic acids is 1. The van der Waals surface area contributed by atoms with Gasteiger partial charge in [0.25, 0.3) is 0 Å². The number of carboxylic acids is 1. The summed E-state index contributed by atoms with van der Waals surface area (Å²) < 4.78 is 11.4. The van der Waals surface area contributed by atoms with E-state index in [-0.39, 0.29) is 11.5 Å². The predicted molar refractivity (Wildman–Crippen MR) is 140 cm³/mol. The van der Waals surface area contributed by atoms with Crippen molar-refractivity contribution in [3.05, 3.63) is 119 Å². The first-order valence-electron chi connectivity index (χ1n) is 11.7. The number of carbonyl (C=O) groups excluding carboxylic acids is 2. The second-order valence-electron chi connectivity index (χ2n) is 8.30. The van der Waals surface area contributed by atoms with Crippen LogP contribution in [0.3, 0.4) is 0 Å². The largest absolute Gasteiger partial charge is 0.545 e. The van der Waals surface area contributed by atoms with Gasteiger partial charge < -0.3 is 30.0 Å². The van der Waals surface area contributed by atoms with Gasteiger partial charge in [-0.15, -0.1) is 0 Å². The normalized spacial score (nSPS) is 11.1. The molecule has 0 heterocycles. The highest BCUT2D eigenvalue weighted by molar-refractivity contribution is 5.87. The molecule has 4 aromatic carbocycles. The molecule has 4 rings (SSSR count). The van der Waals surface area contributed by atoms with Gasteiger partial charge in [-0.25, -0.2) is 0 Å². The lowest BCUT2D eigenvalue weighted by atomic mass is 10.0. The number of nitrogens with zero attached hydrogens (tertiary/aromatic N) is 1. The standard InChI is InChI=1S/C30H25N3O5/c1-37-27-17-22(12-15-26(27)38-25-9-5-8-23(16-25)30(35)36)28(33-24-13-10-20(18-31)11-14-24)29(34)32-19-21-6-3-2-4-7-21/h2-17,28,33H,19H2,1H3,(H,32,34)(H,35,36)/p-1. The van der Waals surface area contributed by atoms with Crippen LogP contribution in [0.1, 0.15) is 33.1 Å². The first kappa shape index (κ1) is 25.8. The molecule has 2 N–H and O–H groups in total. The molecular weight excluding hydrogens is 482 g/mol. The Labute approximate surface area is 220 Å². The third-order valence-electron chi connectivity index (χ3n) is 5.72. The molecule has 0 saturated heterocycles. The van der Waals surface area contributed by atoms with Crippen molar-refractivity contribution in [1.29, 1.82) is 5.26 Å². The van der Waals surface area contributed by atoms with Crippen molar-refractivity contribution >= 4 is 17.6 Å². The molecule has 1 unspecified atom stereocenters. The molecule has 0 fully saturated rings. The van der Waals surface area contributed by atoms with Gasteiger partial charge in [0.05, 0.1) is 24.7 Å². The molecule has 0 aliphatic rings. The molecule has 0 aliphatic carbocycles. The van der Waals surface area contributed by atoms with Gasteiger partial charge in [-0.3, -0.25) is 4.79 Å². The topological polar surface area (TPSA) is 124 Å². The summed E-state index contributed by atoms with van der Waals surface area (Å²) in [4.78, 5) is 24.6. The lowest BCUT2D eigenvalue weighted by Gasteiger charge is -2.21. The third-order valence-corrected chi connectivity index (χ3v) is 5.72. The van der Waals surface area contributed by atoms with Gasteiger partial charge in [0.15, 0.2) is 11.5 Å². The monoisotopic (exact) mass is 506 g/mol. The van der Waals surface area contributed by atoms with Crippen LogP contribution in [0, 0.1) is 11.3 Å². The third kappa shape index (κ3) is 6.47. The van der Waals surface area contributed by atoms with Crippen LogP contribution in [0.5, 0.6) is 17.2 Å². The Morgan fingerprint density at radius 2 is 1.68 bits per heavy atom. The number of benzene rings is 4. The molecule has 8 nitrogen and oxygen atoms in total. The zero-order valence-corrected chi connectivity index (χ0v) is 20.5. The molecule has 4 aromatic rings. The van der Waals surface area contributed by atoms with Crippen molar-refractivity contribution in [3.8, 4) is 23.3 Å². The molecule has 0 spiro atoms. The first-order chi connectivity index (χ1) is 18.5. The quantitative estimate of drug-likeness (QED) is 0.331. The average Bonchev–Trinajstić information content (AvgIpc) is 2.96. The van der Waals surface area contributed by atoms with E-state index in [4.69, 9.17) is 14.7 Å². The van der Waals surface area contributed by atoms with E-state index in [0.29, 0.717) is 40.6 Å². The number of amides is 1. The van der Waals surface area contributed by atoms with Gasteiger partial charge in [-0.2, -0.15) is 5.26 Å². The average molecular weight is 507 g/mol. The Balaban J connectivity index is 1.61. The fraction of sp³-hybridized carbons (Fsp3) is 0.100. The number of carboxylic acid groups (broad SMARTS) is 1. The van der Waals surface area contributed by atoms with E-state index in [0.717, 1.165) is 5.56 Å². The fourth-order valence-corrected chi connectivity index (χ4v) is 3.76. The molecule has 0 aromatic heterocycles. The van der Waals surface area contributed by atoms with E-state index in [1.807, 2.05) is 30.3 Å². The number of nitrogens with one attached hydrogen (secondary N) is 2. The molecule has 0 aliphatic heterocycles. The lowest BCUT2D eigenvalue weighted by Crippen LogP contribution is -2.33. The Hall–Kier alpha value is -5.29. The number of methoxy groups -OCH3 is 1. The number of hydrogen-bond acceptors (Lipinski definition) is 7. The van der Waals surface area contributed by atoms with Gasteiger partial charge in [0.2, 0.25) is 5.91 Å². The van der Waals surface area contributed by atoms with Crippen molar-refractivity contribution in [1.82, 2.24) is 5.32 Å². The van der Waals surface area contributed by atoms with Crippen LogP contribution >= 0.6 is 0 Å². The van der Waals surface area contributed by atoms with E-state index in [1.165, 1.54) is 19.2 Å². The minimum atomic E-state index is -1.31. The summed E-state index contributed by atoms with van der Waals surface area (Å²) in [7, 11) is 1.47. The highest BCUT2D eigenvalue weighted by atomic mass is 16.5. The van der Waals surface area contributed by atoms with Crippen LogP contribution in [0.25, 0.3) is 0 Å². The van der Waals surface area contributed by atoms with Crippen LogP contribution < -0.4 is 25.2 Å². The second-order valence-corrected chi connectivity index (χ2v) is 8.30. The van der Waals surface area contributed by atoms with Gasteiger partial charge in [0.1, 0.15) is 11.8 Å². The Kier molecular flexibility index (Phi) is 8.21. The van der Waals surface area contributed by atoms with Crippen molar-refractivity contribution in [2.45, 2.75) is 12.6 Å². The van der Waals surface area contributed by atoms with Crippen LogP contribution in [-0.2, 0) is 11.3 Å². The van der Waals surface area contributed by atoms with Gasteiger partial charge in [-0.1, -0.05) is 48.5 Å². The van der Waals surface area contributed by atoms with Gasteiger partial charge in [0, 0.05) is 17.8 Å². The van der Waals surface area contributed by atoms with Crippen LogP contribution in [-0.4, -0.2) is 19.0 Å². The molecule has 1 atom stereocenters. The Bertz CT molecular complexity index is 1460. The van der Waals surface area contributed by atoms with Crippen molar-refractivity contribution < 1.29 is 24.2 Å². The summed E-state index contributed by atoms with van der Waals surface area (Å²) in [5.74, 6) is -0.588. The van der Waals surface area contributed by atoms with Crippen LogP contribution in [0.2, 0.25) is 0 Å². The van der Waals surface area contributed by atoms with Crippen molar-refractivity contribution in [2.75, 3.05) is 12.4 Å². The minimum Gasteiger partial charge on any atom is -0.545 e. The minimum absolute atomic E-state index is 0.0140.